The molecule has 2 unspecified atom stereocenters. The van der Waals surface area contributed by atoms with Crippen LogP contribution in [0.1, 0.15) is 245 Å². The lowest BCUT2D eigenvalue weighted by Crippen LogP contribution is -2.56. The van der Waals surface area contributed by atoms with Gasteiger partial charge in [-0.15, -0.1) is 0 Å². The predicted molar refractivity (Wildman–Crippen MR) is 235 cm³/mol. The molecule has 0 spiro atoms. The van der Waals surface area contributed by atoms with Crippen LogP contribution in [0.15, 0.2) is 24.3 Å². The molecule has 0 amide bonds. The van der Waals surface area contributed by atoms with E-state index in [1.165, 1.54) is 148 Å². The summed E-state index contributed by atoms with van der Waals surface area (Å²) in [6, 6.07) is 0. The van der Waals surface area contributed by atoms with Gasteiger partial charge >= 0.3 is 7.82 Å². The number of hydrogen-bond acceptors (Lipinski definition) is 6. The molecular weight excluding hydrogens is 723 g/mol. The van der Waals surface area contributed by atoms with Crippen molar-refractivity contribution in [1.29, 1.82) is 0 Å². The molecular formula is C47H89O8P. The molecule has 0 saturated heterocycles. The second kappa shape index (κ2) is 39.3. The van der Waals surface area contributed by atoms with Gasteiger partial charge in [0.25, 0.3) is 0 Å². The van der Waals surface area contributed by atoms with Gasteiger partial charge in [0.1, 0.15) is 0 Å². The fourth-order valence-corrected chi connectivity index (χ4v) is 7.62. The van der Waals surface area contributed by atoms with Gasteiger partial charge in [-0.2, -0.15) is 0 Å². The first-order chi connectivity index (χ1) is 27.1. The average molecular weight is 813 g/mol. The minimum atomic E-state index is -5.04. The molecule has 0 heterocycles. The molecule has 0 aromatic carbocycles. The Kier molecular flexibility index (Phi) is 38.5. The number of allylic oxidation sites excluding steroid dienone is 4. The van der Waals surface area contributed by atoms with Crippen molar-refractivity contribution in [3.63, 3.8) is 0 Å². The summed E-state index contributed by atoms with van der Waals surface area (Å²) in [5.41, 5.74) is -2.69. The summed E-state index contributed by atoms with van der Waals surface area (Å²) in [7, 11) is -5.04. The van der Waals surface area contributed by atoms with E-state index in [2.05, 4.69) is 42.7 Å². The van der Waals surface area contributed by atoms with Crippen LogP contribution in [0.3, 0.4) is 0 Å². The van der Waals surface area contributed by atoms with Gasteiger partial charge in [-0.3, -0.25) is 14.1 Å². The zero-order valence-corrected chi connectivity index (χ0v) is 37.3. The Morgan fingerprint density at radius 1 is 0.500 bits per heavy atom. The van der Waals surface area contributed by atoms with Gasteiger partial charge in [-0.25, -0.2) is 4.57 Å². The highest BCUT2D eigenvalue weighted by molar-refractivity contribution is 7.46. The van der Waals surface area contributed by atoms with Gasteiger partial charge in [0, 0.05) is 12.8 Å². The van der Waals surface area contributed by atoms with Crippen molar-refractivity contribution in [2.24, 2.45) is 0 Å². The number of rotatable bonds is 44. The van der Waals surface area contributed by atoms with Crippen molar-refractivity contribution in [3.05, 3.63) is 24.3 Å². The summed E-state index contributed by atoms with van der Waals surface area (Å²) in [6.07, 6.45) is 46.6. The van der Waals surface area contributed by atoms with Gasteiger partial charge in [-0.1, -0.05) is 192 Å². The monoisotopic (exact) mass is 813 g/mol. The molecule has 0 aliphatic carbocycles. The number of Topliss-reactive ketones (excluding diaryl/α,β-unsaturated/α-hetero) is 2. The molecule has 0 radical (unpaired) electrons. The first kappa shape index (κ1) is 54.9. The fourth-order valence-electron chi connectivity index (χ4n) is 7.25. The van der Waals surface area contributed by atoms with E-state index >= 15 is 0 Å². The summed E-state index contributed by atoms with van der Waals surface area (Å²) >= 11 is 0. The van der Waals surface area contributed by atoms with Gasteiger partial charge in [-0.05, 0) is 64.2 Å². The average Bonchev–Trinajstić information content (AvgIpc) is 3.17. The minimum Gasteiger partial charge on any atom is -0.382 e. The van der Waals surface area contributed by atoms with Crippen molar-refractivity contribution in [2.75, 3.05) is 6.61 Å². The maximum Gasteiger partial charge on any atom is 0.469 e. The number of unbranched alkanes of at least 4 members (excludes halogenated alkanes) is 30. The highest BCUT2D eigenvalue weighted by Gasteiger charge is 2.47. The first-order valence-corrected chi connectivity index (χ1v) is 25.1. The zero-order chi connectivity index (χ0) is 41.4. The summed E-state index contributed by atoms with van der Waals surface area (Å²) in [5.74, 6) is -1.53. The number of carbonyl (C=O) groups is 2. The Hall–Kier alpha value is -1.15. The van der Waals surface area contributed by atoms with Gasteiger partial charge < -0.3 is 20.0 Å². The third-order valence-electron chi connectivity index (χ3n) is 11.0. The fraction of sp³-hybridized carbons (Fsp3) is 0.872. The van der Waals surface area contributed by atoms with Gasteiger partial charge in [0.05, 0.1) is 6.61 Å². The van der Waals surface area contributed by atoms with Crippen molar-refractivity contribution in [2.45, 2.75) is 257 Å². The van der Waals surface area contributed by atoms with Crippen LogP contribution in [-0.2, 0) is 18.7 Å². The number of hydrogen-bond donors (Lipinski definition) is 4. The number of phosphoric acid groups is 1. The molecule has 0 aromatic heterocycles. The molecule has 0 bridgehead atoms. The molecule has 8 nitrogen and oxygen atoms in total. The first-order valence-electron chi connectivity index (χ1n) is 23.5. The van der Waals surface area contributed by atoms with Crippen LogP contribution in [0.5, 0.6) is 0 Å². The van der Waals surface area contributed by atoms with E-state index in [1.54, 1.807) is 0 Å². The van der Waals surface area contributed by atoms with Crippen LogP contribution in [0.2, 0.25) is 0 Å². The molecule has 4 N–H and O–H groups in total. The summed E-state index contributed by atoms with van der Waals surface area (Å²) in [6.45, 7) is 3.37. The highest BCUT2D eigenvalue weighted by atomic mass is 31.2. The zero-order valence-electron chi connectivity index (χ0n) is 36.4. The highest BCUT2D eigenvalue weighted by Crippen LogP contribution is 2.38. The predicted octanol–water partition coefficient (Wildman–Crippen LogP) is 13.5. The smallest absolute Gasteiger partial charge is 0.382 e. The molecule has 56 heavy (non-hydrogen) atoms. The Balaban J connectivity index is 4.12. The van der Waals surface area contributed by atoms with Crippen molar-refractivity contribution in [1.82, 2.24) is 0 Å². The number of aliphatic hydroxyl groups excluding tert-OH is 1. The second-order valence-corrected chi connectivity index (χ2v) is 17.7. The van der Waals surface area contributed by atoms with Crippen molar-refractivity contribution >= 4 is 19.4 Å². The minimum absolute atomic E-state index is 0.0189. The van der Waals surface area contributed by atoms with Crippen LogP contribution >= 0.6 is 7.82 Å². The van der Waals surface area contributed by atoms with Crippen LogP contribution in [-0.4, -0.2) is 49.9 Å². The summed E-state index contributed by atoms with van der Waals surface area (Å²) in [4.78, 5) is 44.3. The van der Waals surface area contributed by atoms with E-state index in [9.17, 15) is 34.2 Å². The SMILES string of the molecule is CCCCCCCC/C=C\CCCCCCCCCCCC(=O)C(O)C(O)(COP(=O)(O)O)C(=O)CCCCCCCCCCC/C=C\CCCCCCCC. The van der Waals surface area contributed by atoms with E-state index in [0.29, 0.717) is 12.8 Å². The summed E-state index contributed by atoms with van der Waals surface area (Å²) < 4.78 is 15.8. The van der Waals surface area contributed by atoms with Crippen molar-refractivity contribution < 1.29 is 38.7 Å². The third-order valence-corrected chi connectivity index (χ3v) is 11.5. The van der Waals surface area contributed by atoms with E-state index in [-0.39, 0.29) is 12.8 Å². The van der Waals surface area contributed by atoms with Crippen LogP contribution in [0, 0.1) is 0 Å². The van der Waals surface area contributed by atoms with Gasteiger partial charge in [0.2, 0.25) is 0 Å². The van der Waals surface area contributed by atoms with E-state index in [1.807, 2.05) is 0 Å². The maximum absolute atomic E-state index is 13.1. The van der Waals surface area contributed by atoms with E-state index in [4.69, 9.17) is 0 Å². The van der Waals surface area contributed by atoms with Gasteiger partial charge in [0.15, 0.2) is 23.3 Å². The molecule has 0 aliphatic rings. The number of carbonyl (C=O) groups excluding carboxylic acids is 2. The molecule has 0 aromatic rings. The Morgan fingerprint density at radius 3 is 1.11 bits per heavy atom. The largest absolute Gasteiger partial charge is 0.469 e. The van der Waals surface area contributed by atoms with Crippen LogP contribution in [0.25, 0.3) is 0 Å². The molecule has 0 fully saturated rings. The standard InChI is InChI=1S/C47H89O8P/c1-3-5-7-9-11-13-15-17-19-21-23-25-27-29-31-33-35-37-39-41-44(48)46(50)47(51,43-55-56(52,53)54)45(49)42-40-38-36-34-32-30-28-26-24-22-20-18-16-14-12-10-8-6-4-2/h17-20,46,50-51H,3-16,21-43H2,1-2H3,(H2,52,53,54)/b19-17-,20-18-. The normalized spacial score (nSPS) is 13.9. The van der Waals surface area contributed by atoms with Crippen LogP contribution < -0.4 is 0 Å². The molecule has 0 saturated carbocycles. The topological polar surface area (TPSA) is 141 Å². The second-order valence-electron chi connectivity index (χ2n) is 16.5. The molecule has 0 rings (SSSR count). The molecule has 330 valence electrons. The lowest BCUT2D eigenvalue weighted by Gasteiger charge is -2.30. The summed E-state index contributed by atoms with van der Waals surface area (Å²) in [5, 5.41) is 21.8. The van der Waals surface area contributed by atoms with Crippen molar-refractivity contribution in [3.8, 4) is 0 Å². The van der Waals surface area contributed by atoms with E-state index in [0.717, 1.165) is 57.8 Å². The lowest BCUT2D eigenvalue weighted by atomic mass is 9.85. The van der Waals surface area contributed by atoms with Crippen LogP contribution in [0.4, 0.5) is 0 Å². The molecule has 9 heteroatoms. The van der Waals surface area contributed by atoms with E-state index < -0.39 is 37.7 Å². The Bertz CT molecular complexity index is 1010. The number of aliphatic hydroxyl groups is 2. The number of ketones is 2. The molecule has 2 atom stereocenters. The number of phosphoric ester groups is 1. The Labute approximate surface area is 344 Å². The Morgan fingerprint density at radius 2 is 0.786 bits per heavy atom. The molecule has 0 aliphatic heterocycles. The quantitative estimate of drug-likeness (QED) is 0.0271. The lowest BCUT2D eigenvalue weighted by molar-refractivity contribution is -0.165. The third kappa shape index (κ3) is 34.9. The maximum atomic E-state index is 13.1.